The summed E-state index contributed by atoms with van der Waals surface area (Å²) in [4.78, 5) is 4.31. The van der Waals surface area contributed by atoms with Crippen LogP contribution in [0.5, 0.6) is 11.5 Å². The first-order chi connectivity index (χ1) is 15.5. The first-order valence-corrected chi connectivity index (χ1v) is 9.78. The van der Waals surface area contributed by atoms with E-state index in [9.17, 15) is 13.2 Å². The summed E-state index contributed by atoms with van der Waals surface area (Å²) in [7, 11) is 0. The van der Waals surface area contributed by atoms with E-state index in [-0.39, 0.29) is 12.5 Å². The highest BCUT2D eigenvalue weighted by Gasteiger charge is 2.30. The maximum absolute atomic E-state index is 13.0. The standard InChI is InChI=1S/C23H17F3N4O2/c24-23(25,26)16-4-3-5-17(11-16)30-13-28-22(29-30)18-6-1-2-7-19(18)27-12-15-8-9-20-21(10-15)32-14-31-20/h1-11,13,27H,12,14H2. The summed E-state index contributed by atoms with van der Waals surface area (Å²) in [5.41, 5.74) is 2.08. The summed E-state index contributed by atoms with van der Waals surface area (Å²) in [5.74, 6) is 1.83. The number of halogens is 3. The van der Waals surface area contributed by atoms with Gasteiger partial charge in [0.25, 0.3) is 0 Å². The minimum atomic E-state index is -4.43. The summed E-state index contributed by atoms with van der Waals surface area (Å²) < 4.78 is 51.2. The summed E-state index contributed by atoms with van der Waals surface area (Å²) in [6.45, 7) is 0.747. The van der Waals surface area contributed by atoms with Gasteiger partial charge in [-0.25, -0.2) is 9.67 Å². The Bertz CT molecular complexity index is 1270. The van der Waals surface area contributed by atoms with Crippen LogP contribution in [-0.2, 0) is 12.7 Å². The molecule has 9 heteroatoms. The van der Waals surface area contributed by atoms with Gasteiger partial charge in [-0.3, -0.25) is 0 Å². The van der Waals surface area contributed by atoms with E-state index in [1.807, 2.05) is 42.5 Å². The van der Waals surface area contributed by atoms with Gasteiger partial charge in [-0.15, -0.1) is 5.10 Å². The van der Waals surface area contributed by atoms with E-state index in [4.69, 9.17) is 9.47 Å². The molecular weight excluding hydrogens is 421 g/mol. The lowest BCUT2D eigenvalue weighted by Gasteiger charge is -2.11. The number of aromatic nitrogens is 3. The molecule has 32 heavy (non-hydrogen) atoms. The van der Waals surface area contributed by atoms with E-state index in [0.29, 0.717) is 18.1 Å². The normalized spacial score (nSPS) is 12.7. The third-order valence-corrected chi connectivity index (χ3v) is 5.02. The molecule has 1 N–H and O–H groups in total. The van der Waals surface area contributed by atoms with Gasteiger partial charge in [0, 0.05) is 17.8 Å². The predicted octanol–water partition coefficient (Wildman–Crippen LogP) is 5.29. The largest absolute Gasteiger partial charge is 0.454 e. The molecular formula is C23H17F3N4O2. The third-order valence-electron chi connectivity index (χ3n) is 5.02. The van der Waals surface area contributed by atoms with Crippen LogP contribution < -0.4 is 14.8 Å². The summed E-state index contributed by atoms with van der Waals surface area (Å²) in [5, 5.41) is 7.76. The van der Waals surface area contributed by atoms with Gasteiger partial charge in [-0.1, -0.05) is 24.3 Å². The number of para-hydroxylation sites is 1. The second-order valence-corrected chi connectivity index (χ2v) is 7.15. The predicted molar refractivity (Wildman–Crippen MR) is 112 cm³/mol. The molecule has 0 spiro atoms. The van der Waals surface area contributed by atoms with Crippen LogP contribution in [0.3, 0.4) is 0 Å². The Labute approximate surface area is 181 Å². The maximum atomic E-state index is 13.0. The van der Waals surface area contributed by atoms with Crippen LogP contribution in [0.15, 0.2) is 73.1 Å². The number of fused-ring (bicyclic) bond motifs is 1. The highest BCUT2D eigenvalue weighted by molar-refractivity contribution is 5.73. The molecule has 0 bridgehead atoms. The van der Waals surface area contributed by atoms with Crippen molar-refractivity contribution >= 4 is 5.69 Å². The maximum Gasteiger partial charge on any atom is 0.416 e. The number of benzene rings is 3. The molecule has 0 unspecified atom stereocenters. The molecule has 1 aromatic heterocycles. The quantitative estimate of drug-likeness (QED) is 0.459. The molecule has 0 aliphatic carbocycles. The molecule has 5 rings (SSSR count). The van der Waals surface area contributed by atoms with Crippen LogP contribution in [0.25, 0.3) is 17.1 Å². The molecule has 1 aliphatic heterocycles. The van der Waals surface area contributed by atoms with E-state index in [1.54, 1.807) is 6.07 Å². The van der Waals surface area contributed by atoms with E-state index in [0.717, 1.165) is 34.7 Å². The smallest absolute Gasteiger partial charge is 0.416 e. The highest BCUT2D eigenvalue weighted by Crippen LogP contribution is 2.33. The van der Waals surface area contributed by atoms with E-state index >= 15 is 0 Å². The molecule has 4 aromatic rings. The Morgan fingerprint density at radius 3 is 2.66 bits per heavy atom. The lowest BCUT2D eigenvalue weighted by Crippen LogP contribution is -2.06. The summed E-state index contributed by atoms with van der Waals surface area (Å²) in [6.07, 6.45) is -3.02. The van der Waals surface area contributed by atoms with Crippen molar-refractivity contribution in [2.24, 2.45) is 0 Å². The van der Waals surface area contributed by atoms with Crippen molar-refractivity contribution in [1.82, 2.24) is 14.8 Å². The molecule has 0 amide bonds. The van der Waals surface area contributed by atoms with Gasteiger partial charge < -0.3 is 14.8 Å². The Kier molecular flexibility index (Phi) is 4.93. The number of ether oxygens (including phenoxy) is 2. The van der Waals surface area contributed by atoms with Crippen molar-refractivity contribution in [2.45, 2.75) is 12.7 Å². The van der Waals surface area contributed by atoms with Gasteiger partial charge in [0.05, 0.1) is 11.3 Å². The van der Waals surface area contributed by atoms with Gasteiger partial charge in [0.2, 0.25) is 6.79 Å². The Morgan fingerprint density at radius 1 is 0.938 bits per heavy atom. The number of anilines is 1. The molecule has 2 heterocycles. The SMILES string of the molecule is FC(F)(F)c1cccc(-n2cnc(-c3ccccc3NCc3ccc4c(c3)OCO4)n2)c1. The fraction of sp³-hybridized carbons (Fsp3) is 0.130. The number of rotatable bonds is 5. The van der Waals surface area contributed by atoms with Gasteiger partial charge in [-0.05, 0) is 48.0 Å². The van der Waals surface area contributed by atoms with E-state index in [2.05, 4.69) is 15.4 Å². The zero-order valence-electron chi connectivity index (χ0n) is 16.6. The van der Waals surface area contributed by atoms with Crippen molar-refractivity contribution in [2.75, 3.05) is 12.1 Å². The van der Waals surface area contributed by atoms with Crippen LogP contribution in [-0.4, -0.2) is 21.6 Å². The molecule has 0 radical (unpaired) electrons. The molecule has 0 fully saturated rings. The number of hydrogen-bond donors (Lipinski definition) is 1. The Balaban J connectivity index is 1.38. The molecule has 0 saturated carbocycles. The molecule has 0 atom stereocenters. The van der Waals surface area contributed by atoms with Crippen LogP contribution in [0, 0.1) is 0 Å². The van der Waals surface area contributed by atoms with Crippen molar-refractivity contribution in [3.8, 4) is 28.6 Å². The van der Waals surface area contributed by atoms with Crippen molar-refractivity contribution in [1.29, 1.82) is 0 Å². The van der Waals surface area contributed by atoms with E-state index in [1.165, 1.54) is 17.1 Å². The van der Waals surface area contributed by atoms with Crippen LogP contribution in [0.2, 0.25) is 0 Å². The second-order valence-electron chi connectivity index (χ2n) is 7.15. The molecule has 3 aromatic carbocycles. The molecule has 6 nitrogen and oxygen atoms in total. The number of nitrogens with one attached hydrogen (secondary N) is 1. The Morgan fingerprint density at radius 2 is 1.78 bits per heavy atom. The average Bonchev–Trinajstić information content (AvgIpc) is 3.47. The summed E-state index contributed by atoms with van der Waals surface area (Å²) in [6, 6.07) is 18.2. The van der Waals surface area contributed by atoms with Gasteiger partial charge >= 0.3 is 6.18 Å². The molecule has 162 valence electrons. The monoisotopic (exact) mass is 438 g/mol. The number of nitrogens with zero attached hydrogens (tertiary/aromatic N) is 3. The second kappa shape index (κ2) is 7.92. The van der Waals surface area contributed by atoms with Crippen molar-refractivity contribution < 1.29 is 22.6 Å². The lowest BCUT2D eigenvalue weighted by molar-refractivity contribution is -0.137. The number of hydrogen-bond acceptors (Lipinski definition) is 5. The molecule has 1 aliphatic rings. The fourth-order valence-corrected chi connectivity index (χ4v) is 3.42. The first-order valence-electron chi connectivity index (χ1n) is 9.78. The van der Waals surface area contributed by atoms with Gasteiger partial charge in [0.15, 0.2) is 17.3 Å². The fourth-order valence-electron chi connectivity index (χ4n) is 3.42. The van der Waals surface area contributed by atoms with Gasteiger partial charge in [0.1, 0.15) is 6.33 Å². The highest BCUT2D eigenvalue weighted by atomic mass is 19.4. The average molecular weight is 438 g/mol. The van der Waals surface area contributed by atoms with Crippen LogP contribution in [0.1, 0.15) is 11.1 Å². The lowest BCUT2D eigenvalue weighted by atomic mass is 10.1. The van der Waals surface area contributed by atoms with Crippen LogP contribution >= 0.6 is 0 Å². The van der Waals surface area contributed by atoms with Crippen molar-refractivity contribution in [3.63, 3.8) is 0 Å². The minimum Gasteiger partial charge on any atom is -0.454 e. The summed E-state index contributed by atoms with van der Waals surface area (Å²) >= 11 is 0. The molecule has 0 saturated heterocycles. The zero-order valence-corrected chi connectivity index (χ0v) is 16.6. The van der Waals surface area contributed by atoms with E-state index < -0.39 is 11.7 Å². The minimum absolute atomic E-state index is 0.218. The first kappa shape index (κ1) is 19.9. The van der Waals surface area contributed by atoms with Gasteiger partial charge in [-0.2, -0.15) is 13.2 Å². The van der Waals surface area contributed by atoms with Crippen LogP contribution in [0.4, 0.5) is 18.9 Å². The number of alkyl halides is 3. The van der Waals surface area contributed by atoms with Crippen molar-refractivity contribution in [3.05, 3.63) is 84.2 Å². The topological polar surface area (TPSA) is 61.2 Å². The zero-order chi connectivity index (χ0) is 22.1. The Hall–Kier alpha value is -4.01. The third kappa shape index (κ3) is 3.96.